The smallest absolute Gasteiger partial charge is 0.180 e. The molecule has 2 aromatic heterocycles. The Bertz CT molecular complexity index is 714. The summed E-state index contributed by atoms with van der Waals surface area (Å²) in [5.41, 5.74) is 9.90. The SMILES string of the molecule is COc1cc(C)c2[nH]cc(-c3csc(N)n3)c2c1. The topological polar surface area (TPSA) is 63.9 Å². The average Bonchev–Trinajstić information content (AvgIpc) is 2.95. The number of hydrogen-bond donors (Lipinski definition) is 2. The van der Waals surface area contributed by atoms with E-state index in [2.05, 4.69) is 16.9 Å². The summed E-state index contributed by atoms with van der Waals surface area (Å²) in [6, 6.07) is 4.03. The van der Waals surface area contributed by atoms with Crippen LogP contribution in [0.3, 0.4) is 0 Å². The maximum Gasteiger partial charge on any atom is 0.180 e. The first-order chi connectivity index (χ1) is 8.69. The third kappa shape index (κ3) is 1.64. The number of nitrogens with one attached hydrogen (secondary N) is 1. The van der Waals surface area contributed by atoms with Crippen molar-refractivity contribution in [2.75, 3.05) is 12.8 Å². The molecule has 5 heteroatoms. The monoisotopic (exact) mass is 259 g/mol. The zero-order chi connectivity index (χ0) is 12.7. The third-order valence-electron chi connectivity index (χ3n) is 2.99. The summed E-state index contributed by atoms with van der Waals surface area (Å²) in [4.78, 5) is 7.61. The number of benzene rings is 1. The Balaban J connectivity index is 2.27. The Hall–Kier alpha value is -2.01. The predicted octanol–water partition coefficient (Wildman–Crippen LogP) is 3.19. The number of aromatic nitrogens is 2. The van der Waals surface area contributed by atoms with Gasteiger partial charge in [-0.3, -0.25) is 0 Å². The van der Waals surface area contributed by atoms with Crippen LogP contribution in [0, 0.1) is 6.92 Å². The minimum absolute atomic E-state index is 0.582. The lowest BCUT2D eigenvalue weighted by Gasteiger charge is -2.03. The van der Waals surface area contributed by atoms with Crippen molar-refractivity contribution < 1.29 is 4.74 Å². The number of hydrogen-bond acceptors (Lipinski definition) is 4. The molecule has 3 aromatic rings. The maximum atomic E-state index is 5.69. The highest BCUT2D eigenvalue weighted by Gasteiger charge is 2.11. The quantitative estimate of drug-likeness (QED) is 0.743. The minimum Gasteiger partial charge on any atom is -0.497 e. The van der Waals surface area contributed by atoms with Gasteiger partial charge in [0.1, 0.15) is 5.75 Å². The van der Waals surface area contributed by atoms with E-state index in [1.165, 1.54) is 11.3 Å². The molecule has 0 atom stereocenters. The van der Waals surface area contributed by atoms with Gasteiger partial charge >= 0.3 is 0 Å². The van der Waals surface area contributed by atoms with Crippen LogP contribution in [0.2, 0.25) is 0 Å². The van der Waals surface area contributed by atoms with E-state index in [0.29, 0.717) is 5.13 Å². The summed E-state index contributed by atoms with van der Waals surface area (Å²) in [5.74, 6) is 0.851. The van der Waals surface area contributed by atoms with Crippen LogP contribution in [-0.4, -0.2) is 17.1 Å². The normalized spacial score (nSPS) is 11.0. The van der Waals surface area contributed by atoms with Crippen LogP contribution in [0.15, 0.2) is 23.7 Å². The number of nitrogen functional groups attached to an aromatic ring is 1. The molecule has 0 spiro atoms. The number of methoxy groups -OCH3 is 1. The first-order valence-electron chi connectivity index (χ1n) is 5.56. The summed E-state index contributed by atoms with van der Waals surface area (Å²) in [6.07, 6.45) is 1.96. The highest BCUT2D eigenvalue weighted by atomic mass is 32.1. The van der Waals surface area contributed by atoms with Crippen molar-refractivity contribution in [1.82, 2.24) is 9.97 Å². The molecule has 0 saturated carbocycles. The average molecular weight is 259 g/mol. The van der Waals surface area contributed by atoms with E-state index in [1.807, 2.05) is 23.7 Å². The molecule has 2 heterocycles. The van der Waals surface area contributed by atoms with Gasteiger partial charge in [-0.05, 0) is 24.6 Å². The number of fused-ring (bicyclic) bond motifs is 1. The van der Waals surface area contributed by atoms with Gasteiger partial charge in [0.2, 0.25) is 0 Å². The summed E-state index contributed by atoms with van der Waals surface area (Å²) < 4.78 is 5.31. The van der Waals surface area contributed by atoms with Crippen LogP contribution in [0.5, 0.6) is 5.75 Å². The number of rotatable bonds is 2. The van der Waals surface area contributed by atoms with Gasteiger partial charge in [0, 0.05) is 28.0 Å². The van der Waals surface area contributed by atoms with Gasteiger partial charge in [-0.1, -0.05) is 0 Å². The molecule has 18 heavy (non-hydrogen) atoms. The van der Waals surface area contributed by atoms with Crippen molar-refractivity contribution in [1.29, 1.82) is 0 Å². The van der Waals surface area contributed by atoms with E-state index >= 15 is 0 Å². The lowest BCUT2D eigenvalue weighted by atomic mass is 10.1. The van der Waals surface area contributed by atoms with Gasteiger partial charge in [0.05, 0.1) is 12.8 Å². The molecule has 0 aliphatic rings. The van der Waals surface area contributed by atoms with Crippen LogP contribution in [0.25, 0.3) is 22.2 Å². The molecule has 0 aliphatic heterocycles. The molecule has 0 saturated heterocycles. The second kappa shape index (κ2) is 4.03. The molecule has 0 bridgehead atoms. The van der Waals surface area contributed by atoms with Gasteiger partial charge in [-0.2, -0.15) is 0 Å². The molecule has 0 amide bonds. The number of anilines is 1. The first kappa shape index (κ1) is 11.1. The highest BCUT2D eigenvalue weighted by Crippen LogP contribution is 2.34. The third-order valence-corrected chi connectivity index (χ3v) is 3.67. The fourth-order valence-corrected chi connectivity index (χ4v) is 2.68. The Labute approximate surface area is 108 Å². The molecule has 0 radical (unpaired) electrons. The van der Waals surface area contributed by atoms with Crippen LogP contribution in [0.4, 0.5) is 5.13 Å². The molecule has 0 fully saturated rings. The van der Waals surface area contributed by atoms with E-state index in [0.717, 1.165) is 33.5 Å². The number of aromatic amines is 1. The van der Waals surface area contributed by atoms with Gasteiger partial charge in [0.15, 0.2) is 5.13 Å². The molecule has 3 N–H and O–H groups in total. The molecule has 92 valence electrons. The van der Waals surface area contributed by atoms with Crippen molar-refractivity contribution in [2.24, 2.45) is 0 Å². The van der Waals surface area contributed by atoms with Gasteiger partial charge in [-0.15, -0.1) is 11.3 Å². The fourth-order valence-electron chi connectivity index (χ4n) is 2.12. The van der Waals surface area contributed by atoms with Crippen molar-refractivity contribution >= 4 is 27.4 Å². The lowest BCUT2D eigenvalue weighted by Crippen LogP contribution is -1.85. The summed E-state index contributed by atoms with van der Waals surface area (Å²) in [5, 5.41) is 3.66. The molecular weight excluding hydrogens is 246 g/mol. The van der Waals surface area contributed by atoms with Crippen molar-refractivity contribution in [3.8, 4) is 17.0 Å². The van der Waals surface area contributed by atoms with Gasteiger partial charge in [0.25, 0.3) is 0 Å². The lowest BCUT2D eigenvalue weighted by molar-refractivity contribution is 0.415. The number of H-pyrrole nitrogens is 1. The Morgan fingerprint density at radius 3 is 2.89 bits per heavy atom. The summed E-state index contributed by atoms with van der Waals surface area (Å²) in [7, 11) is 1.67. The molecule has 3 rings (SSSR count). The Kier molecular flexibility index (Phi) is 2.48. The summed E-state index contributed by atoms with van der Waals surface area (Å²) >= 11 is 1.45. The largest absolute Gasteiger partial charge is 0.497 e. The standard InChI is InChI=1S/C13H13N3OS/c1-7-3-8(17-2)4-9-10(5-15-12(7)9)11-6-18-13(14)16-11/h3-6,15H,1-2H3,(H2,14,16). The first-order valence-corrected chi connectivity index (χ1v) is 6.44. The predicted molar refractivity (Wildman–Crippen MR) is 75.1 cm³/mol. The van der Waals surface area contributed by atoms with Crippen molar-refractivity contribution in [3.63, 3.8) is 0 Å². The van der Waals surface area contributed by atoms with Crippen LogP contribution in [-0.2, 0) is 0 Å². The fraction of sp³-hybridized carbons (Fsp3) is 0.154. The molecule has 1 aromatic carbocycles. The van der Waals surface area contributed by atoms with Gasteiger partial charge < -0.3 is 15.5 Å². The molecule has 4 nitrogen and oxygen atoms in total. The zero-order valence-electron chi connectivity index (χ0n) is 10.2. The number of aryl methyl sites for hydroxylation is 1. The van der Waals surface area contributed by atoms with Crippen molar-refractivity contribution in [2.45, 2.75) is 6.92 Å². The number of thiazole rings is 1. The van der Waals surface area contributed by atoms with Crippen LogP contribution >= 0.6 is 11.3 Å². The van der Waals surface area contributed by atoms with Crippen molar-refractivity contribution in [3.05, 3.63) is 29.3 Å². The molecule has 0 unspecified atom stereocenters. The number of nitrogens with two attached hydrogens (primary N) is 1. The molecule has 0 aliphatic carbocycles. The highest BCUT2D eigenvalue weighted by molar-refractivity contribution is 7.13. The Morgan fingerprint density at radius 1 is 1.39 bits per heavy atom. The second-order valence-corrected chi connectivity index (χ2v) is 5.03. The maximum absolute atomic E-state index is 5.69. The second-order valence-electron chi connectivity index (χ2n) is 4.14. The zero-order valence-corrected chi connectivity index (χ0v) is 11.0. The molecular formula is C13H13N3OS. The summed E-state index contributed by atoms with van der Waals surface area (Å²) in [6.45, 7) is 2.06. The van der Waals surface area contributed by atoms with E-state index in [1.54, 1.807) is 7.11 Å². The van der Waals surface area contributed by atoms with Crippen LogP contribution < -0.4 is 10.5 Å². The van der Waals surface area contributed by atoms with E-state index < -0.39 is 0 Å². The van der Waals surface area contributed by atoms with E-state index in [9.17, 15) is 0 Å². The van der Waals surface area contributed by atoms with E-state index in [4.69, 9.17) is 10.5 Å². The number of ether oxygens (including phenoxy) is 1. The van der Waals surface area contributed by atoms with Gasteiger partial charge in [-0.25, -0.2) is 4.98 Å². The minimum atomic E-state index is 0.582. The van der Waals surface area contributed by atoms with Crippen LogP contribution in [0.1, 0.15) is 5.56 Å². The van der Waals surface area contributed by atoms with E-state index in [-0.39, 0.29) is 0 Å². The Morgan fingerprint density at radius 2 is 2.22 bits per heavy atom. The number of nitrogens with zero attached hydrogens (tertiary/aromatic N) is 1.